The van der Waals surface area contributed by atoms with Crippen LogP contribution in [0.15, 0.2) is 47.6 Å². The molecule has 0 unspecified atom stereocenters. The maximum Gasteiger partial charge on any atom is 0.253 e. The number of hydrogen-bond acceptors (Lipinski definition) is 6. The van der Waals surface area contributed by atoms with Gasteiger partial charge in [0, 0.05) is 12.7 Å². The Bertz CT molecular complexity index is 1060. The van der Waals surface area contributed by atoms with Crippen molar-refractivity contribution in [3.8, 4) is 11.4 Å². The van der Waals surface area contributed by atoms with E-state index >= 15 is 0 Å². The molecular formula is C21H23N5O3S. The first-order valence-electron chi connectivity index (χ1n) is 9.25. The summed E-state index contributed by atoms with van der Waals surface area (Å²) in [7, 11) is 3.17. The predicted octanol–water partition coefficient (Wildman–Crippen LogP) is 2.98. The number of carbonyl (C=O) groups is 2. The molecule has 2 N–H and O–H groups in total. The highest BCUT2D eigenvalue weighted by molar-refractivity contribution is 7.99. The molecule has 0 radical (unpaired) electrons. The number of aromatic nitrogens is 3. The summed E-state index contributed by atoms with van der Waals surface area (Å²) in [5.41, 5.74) is 2.60. The molecule has 0 spiro atoms. The van der Waals surface area contributed by atoms with E-state index in [1.165, 1.54) is 11.8 Å². The molecule has 3 rings (SSSR count). The fourth-order valence-electron chi connectivity index (χ4n) is 2.98. The van der Waals surface area contributed by atoms with Crippen molar-refractivity contribution in [1.82, 2.24) is 20.1 Å². The first kappa shape index (κ1) is 21.4. The second kappa shape index (κ2) is 9.45. The molecule has 1 aromatic heterocycles. The molecule has 0 saturated heterocycles. The SMILES string of the molecule is CNC(=O)c1c(C)cccc1NC(=O)CSc1nnc(C)n1-c1ccc(OC)cc1. The number of carbonyl (C=O) groups excluding carboxylic acids is 2. The van der Waals surface area contributed by atoms with E-state index in [4.69, 9.17) is 4.74 Å². The number of nitrogens with one attached hydrogen (secondary N) is 2. The number of nitrogens with zero attached hydrogens (tertiary/aromatic N) is 3. The molecule has 30 heavy (non-hydrogen) atoms. The van der Waals surface area contributed by atoms with E-state index in [0.717, 1.165) is 17.0 Å². The van der Waals surface area contributed by atoms with Crippen molar-refractivity contribution in [2.45, 2.75) is 19.0 Å². The number of thioether (sulfide) groups is 1. The zero-order valence-electron chi connectivity index (χ0n) is 17.2. The number of amides is 2. The largest absolute Gasteiger partial charge is 0.497 e. The molecule has 0 bridgehead atoms. The first-order valence-corrected chi connectivity index (χ1v) is 10.2. The smallest absolute Gasteiger partial charge is 0.253 e. The molecule has 0 aliphatic carbocycles. The lowest BCUT2D eigenvalue weighted by Crippen LogP contribution is -2.23. The summed E-state index contributed by atoms with van der Waals surface area (Å²) in [5, 5.41) is 14.3. The molecule has 2 amide bonds. The Morgan fingerprint density at radius 3 is 2.50 bits per heavy atom. The normalized spacial score (nSPS) is 10.5. The third kappa shape index (κ3) is 4.62. The molecular weight excluding hydrogens is 402 g/mol. The van der Waals surface area contributed by atoms with Crippen LogP contribution >= 0.6 is 11.8 Å². The van der Waals surface area contributed by atoms with Gasteiger partial charge in [-0.2, -0.15) is 0 Å². The van der Waals surface area contributed by atoms with Gasteiger partial charge in [-0.05, 0) is 49.7 Å². The van der Waals surface area contributed by atoms with Gasteiger partial charge < -0.3 is 15.4 Å². The Labute approximate surface area is 179 Å². The average Bonchev–Trinajstić information content (AvgIpc) is 3.12. The summed E-state index contributed by atoms with van der Waals surface area (Å²) in [5.74, 6) is 1.10. The van der Waals surface area contributed by atoms with Gasteiger partial charge in [-0.25, -0.2) is 0 Å². The Balaban J connectivity index is 1.74. The molecule has 0 saturated carbocycles. The Hall–Kier alpha value is -3.33. The predicted molar refractivity (Wildman–Crippen MR) is 117 cm³/mol. The molecule has 8 nitrogen and oxygen atoms in total. The van der Waals surface area contributed by atoms with Crippen molar-refractivity contribution in [1.29, 1.82) is 0 Å². The molecule has 0 aliphatic rings. The minimum Gasteiger partial charge on any atom is -0.497 e. The van der Waals surface area contributed by atoms with E-state index in [1.54, 1.807) is 26.3 Å². The van der Waals surface area contributed by atoms with Gasteiger partial charge in [-0.15, -0.1) is 10.2 Å². The fourth-order valence-corrected chi connectivity index (χ4v) is 3.78. The number of benzene rings is 2. The van der Waals surface area contributed by atoms with E-state index in [0.29, 0.717) is 22.2 Å². The summed E-state index contributed by atoms with van der Waals surface area (Å²) < 4.78 is 7.07. The number of anilines is 1. The minimum atomic E-state index is -0.245. The van der Waals surface area contributed by atoms with Gasteiger partial charge in [0.15, 0.2) is 5.16 Å². The number of ether oxygens (including phenoxy) is 1. The lowest BCUT2D eigenvalue weighted by molar-refractivity contribution is -0.113. The average molecular weight is 426 g/mol. The molecule has 0 fully saturated rings. The summed E-state index contributed by atoms with van der Waals surface area (Å²) >= 11 is 1.27. The summed E-state index contributed by atoms with van der Waals surface area (Å²) in [6, 6.07) is 12.9. The third-order valence-corrected chi connectivity index (χ3v) is 5.39. The van der Waals surface area contributed by atoms with Crippen molar-refractivity contribution in [2.75, 3.05) is 25.2 Å². The minimum absolute atomic E-state index is 0.120. The Morgan fingerprint density at radius 2 is 1.83 bits per heavy atom. The number of aryl methyl sites for hydroxylation is 2. The molecule has 0 atom stereocenters. The highest BCUT2D eigenvalue weighted by atomic mass is 32.2. The summed E-state index contributed by atoms with van der Waals surface area (Å²) in [6.07, 6.45) is 0. The van der Waals surface area contributed by atoms with Crippen molar-refractivity contribution in [3.63, 3.8) is 0 Å². The number of methoxy groups -OCH3 is 1. The fraction of sp³-hybridized carbons (Fsp3) is 0.238. The lowest BCUT2D eigenvalue weighted by atomic mass is 10.1. The third-order valence-electron chi connectivity index (χ3n) is 4.46. The quantitative estimate of drug-likeness (QED) is 0.565. The summed E-state index contributed by atoms with van der Waals surface area (Å²) in [4.78, 5) is 24.7. The number of hydrogen-bond donors (Lipinski definition) is 2. The first-order chi connectivity index (χ1) is 14.4. The maximum absolute atomic E-state index is 12.6. The van der Waals surface area contributed by atoms with E-state index in [-0.39, 0.29) is 17.6 Å². The van der Waals surface area contributed by atoms with Crippen LogP contribution in [0.25, 0.3) is 5.69 Å². The van der Waals surface area contributed by atoms with Crippen molar-refractivity contribution < 1.29 is 14.3 Å². The van der Waals surface area contributed by atoms with Crippen LogP contribution in [0.5, 0.6) is 5.75 Å². The standard InChI is InChI=1S/C21H23N5O3S/c1-13-6-5-7-17(19(13)20(28)22-3)23-18(27)12-30-21-25-24-14(2)26(21)15-8-10-16(29-4)11-9-15/h5-11H,12H2,1-4H3,(H,22,28)(H,23,27). The zero-order valence-corrected chi connectivity index (χ0v) is 18.0. The van der Waals surface area contributed by atoms with E-state index < -0.39 is 0 Å². The molecule has 3 aromatic rings. The summed E-state index contributed by atoms with van der Waals surface area (Å²) in [6.45, 7) is 3.68. The van der Waals surface area contributed by atoms with Crippen LogP contribution in [0.1, 0.15) is 21.7 Å². The molecule has 1 heterocycles. The molecule has 156 valence electrons. The van der Waals surface area contributed by atoms with Crippen LogP contribution in [0.4, 0.5) is 5.69 Å². The van der Waals surface area contributed by atoms with Gasteiger partial charge in [0.2, 0.25) is 5.91 Å². The second-order valence-electron chi connectivity index (χ2n) is 6.48. The van der Waals surface area contributed by atoms with Crippen LogP contribution in [0.2, 0.25) is 0 Å². The topological polar surface area (TPSA) is 98.1 Å². The van der Waals surface area contributed by atoms with Crippen LogP contribution in [0, 0.1) is 13.8 Å². The van der Waals surface area contributed by atoms with E-state index in [2.05, 4.69) is 20.8 Å². The van der Waals surface area contributed by atoms with Gasteiger partial charge in [-0.1, -0.05) is 23.9 Å². The van der Waals surface area contributed by atoms with E-state index in [1.807, 2.05) is 48.7 Å². The van der Waals surface area contributed by atoms with Gasteiger partial charge >= 0.3 is 0 Å². The molecule has 9 heteroatoms. The van der Waals surface area contributed by atoms with Crippen LogP contribution in [-0.4, -0.2) is 46.5 Å². The van der Waals surface area contributed by atoms with E-state index in [9.17, 15) is 9.59 Å². The Kier molecular flexibility index (Phi) is 6.73. The van der Waals surface area contributed by atoms with Crippen molar-refractivity contribution in [2.24, 2.45) is 0 Å². The second-order valence-corrected chi connectivity index (χ2v) is 7.42. The highest BCUT2D eigenvalue weighted by Gasteiger charge is 2.17. The van der Waals surface area contributed by atoms with Gasteiger partial charge in [0.1, 0.15) is 11.6 Å². The Morgan fingerprint density at radius 1 is 1.10 bits per heavy atom. The van der Waals surface area contributed by atoms with Crippen LogP contribution in [0.3, 0.4) is 0 Å². The maximum atomic E-state index is 12.6. The van der Waals surface area contributed by atoms with Gasteiger partial charge in [0.05, 0.1) is 24.1 Å². The van der Waals surface area contributed by atoms with Crippen LogP contribution < -0.4 is 15.4 Å². The van der Waals surface area contributed by atoms with Crippen LogP contribution in [-0.2, 0) is 4.79 Å². The highest BCUT2D eigenvalue weighted by Crippen LogP contribution is 2.24. The van der Waals surface area contributed by atoms with Crippen molar-refractivity contribution in [3.05, 3.63) is 59.4 Å². The van der Waals surface area contributed by atoms with Crippen molar-refractivity contribution >= 4 is 29.3 Å². The van der Waals surface area contributed by atoms with Gasteiger partial charge in [-0.3, -0.25) is 14.2 Å². The molecule has 0 aliphatic heterocycles. The molecule has 2 aromatic carbocycles. The lowest BCUT2D eigenvalue weighted by Gasteiger charge is -2.13. The van der Waals surface area contributed by atoms with Gasteiger partial charge in [0.25, 0.3) is 5.91 Å². The zero-order chi connectivity index (χ0) is 21.7. The monoisotopic (exact) mass is 425 g/mol. The number of rotatable bonds is 7.